The number of rotatable bonds is 5. The fraction of sp³-hybridized carbons (Fsp3) is 1.00. The van der Waals surface area contributed by atoms with Gasteiger partial charge in [0.05, 0.1) is 6.61 Å². The first kappa shape index (κ1) is 12.9. The SMILES string of the molecule is CCCC(C)N1CCCN(CCO)CC1. The highest BCUT2D eigenvalue weighted by Crippen LogP contribution is 2.10. The Morgan fingerprint density at radius 3 is 2.67 bits per heavy atom. The van der Waals surface area contributed by atoms with Gasteiger partial charge in [-0.05, 0) is 32.9 Å². The normalized spacial score (nSPS) is 22.6. The van der Waals surface area contributed by atoms with Crippen molar-refractivity contribution in [3.8, 4) is 0 Å². The standard InChI is InChI=1S/C12H26N2O/c1-3-5-12(2)14-7-4-6-13(8-9-14)10-11-15/h12,15H,3-11H2,1-2H3. The molecular weight excluding hydrogens is 188 g/mol. The summed E-state index contributed by atoms with van der Waals surface area (Å²) in [4.78, 5) is 4.97. The molecule has 1 atom stereocenters. The molecule has 3 nitrogen and oxygen atoms in total. The zero-order valence-corrected chi connectivity index (χ0v) is 10.3. The lowest BCUT2D eigenvalue weighted by Crippen LogP contribution is -2.37. The Morgan fingerprint density at radius 1 is 1.20 bits per heavy atom. The van der Waals surface area contributed by atoms with Crippen molar-refractivity contribution in [1.82, 2.24) is 9.80 Å². The fourth-order valence-electron chi connectivity index (χ4n) is 2.40. The van der Waals surface area contributed by atoms with E-state index >= 15 is 0 Å². The van der Waals surface area contributed by atoms with Crippen LogP contribution in [0.2, 0.25) is 0 Å². The molecule has 15 heavy (non-hydrogen) atoms. The third-order valence-corrected chi connectivity index (χ3v) is 3.37. The first-order valence-corrected chi connectivity index (χ1v) is 6.35. The number of β-amino-alcohol motifs (C(OH)–C–C–N with tert-alkyl or cyclic N) is 1. The van der Waals surface area contributed by atoms with E-state index in [-0.39, 0.29) is 0 Å². The first-order valence-electron chi connectivity index (χ1n) is 6.35. The topological polar surface area (TPSA) is 26.7 Å². The van der Waals surface area contributed by atoms with E-state index in [1.807, 2.05) is 0 Å². The highest BCUT2D eigenvalue weighted by Gasteiger charge is 2.17. The minimum absolute atomic E-state index is 0.296. The minimum atomic E-state index is 0.296. The summed E-state index contributed by atoms with van der Waals surface area (Å²) in [5.74, 6) is 0. The number of nitrogens with zero attached hydrogens (tertiary/aromatic N) is 2. The molecule has 0 radical (unpaired) electrons. The third kappa shape index (κ3) is 4.49. The van der Waals surface area contributed by atoms with Gasteiger partial charge in [-0.1, -0.05) is 13.3 Å². The van der Waals surface area contributed by atoms with E-state index < -0.39 is 0 Å². The summed E-state index contributed by atoms with van der Waals surface area (Å²) in [5, 5.41) is 8.91. The van der Waals surface area contributed by atoms with E-state index in [4.69, 9.17) is 5.11 Å². The maximum Gasteiger partial charge on any atom is 0.0558 e. The molecule has 0 aromatic rings. The molecule has 0 spiro atoms. The lowest BCUT2D eigenvalue weighted by atomic mass is 10.1. The van der Waals surface area contributed by atoms with Gasteiger partial charge >= 0.3 is 0 Å². The van der Waals surface area contributed by atoms with Crippen LogP contribution < -0.4 is 0 Å². The summed E-state index contributed by atoms with van der Waals surface area (Å²) in [7, 11) is 0. The van der Waals surface area contributed by atoms with Crippen molar-refractivity contribution in [3.63, 3.8) is 0 Å². The predicted molar refractivity (Wildman–Crippen MR) is 64.1 cm³/mol. The van der Waals surface area contributed by atoms with Crippen molar-refractivity contribution in [2.75, 3.05) is 39.3 Å². The Morgan fingerprint density at radius 2 is 2.00 bits per heavy atom. The number of aliphatic hydroxyl groups excluding tert-OH is 1. The molecular formula is C12H26N2O. The van der Waals surface area contributed by atoms with Crippen LogP contribution in [0, 0.1) is 0 Å². The molecule has 90 valence electrons. The van der Waals surface area contributed by atoms with Crippen LogP contribution in [-0.4, -0.2) is 60.3 Å². The zero-order valence-electron chi connectivity index (χ0n) is 10.3. The maximum absolute atomic E-state index is 8.91. The van der Waals surface area contributed by atoms with Crippen LogP contribution in [-0.2, 0) is 0 Å². The van der Waals surface area contributed by atoms with Crippen LogP contribution in [0.15, 0.2) is 0 Å². The lowest BCUT2D eigenvalue weighted by Gasteiger charge is -2.27. The molecule has 1 unspecified atom stereocenters. The van der Waals surface area contributed by atoms with Crippen molar-refractivity contribution in [2.24, 2.45) is 0 Å². The lowest BCUT2D eigenvalue weighted by molar-refractivity contribution is 0.181. The first-order chi connectivity index (χ1) is 7.27. The molecule has 3 heteroatoms. The van der Waals surface area contributed by atoms with Crippen LogP contribution in [0.25, 0.3) is 0 Å². The van der Waals surface area contributed by atoms with E-state index in [9.17, 15) is 0 Å². The smallest absolute Gasteiger partial charge is 0.0558 e. The summed E-state index contributed by atoms with van der Waals surface area (Å²) in [5.41, 5.74) is 0. The van der Waals surface area contributed by atoms with Crippen LogP contribution in [0.5, 0.6) is 0 Å². The number of hydrogen-bond donors (Lipinski definition) is 1. The number of hydrogen-bond acceptors (Lipinski definition) is 3. The maximum atomic E-state index is 8.91. The Labute approximate surface area is 94.1 Å². The summed E-state index contributed by atoms with van der Waals surface area (Å²) in [6.45, 7) is 10.4. The summed E-state index contributed by atoms with van der Waals surface area (Å²) >= 11 is 0. The van der Waals surface area contributed by atoms with Gasteiger partial charge in [0.2, 0.25) is 0 Å². The Kier molecular flexibility index (Phi) is 6.22. The van der Waals surface area contributed by atoms with E-state index in [1.54, 1.807) is 0 Å². The fourth-order valence-corrected chi connectivity index (χ4v) is 2.40. The van der Waals surface area contributed by atoms with Crippen LogP contribution >= 0.6 is 0 Å². The molecule has 0 aliphatic carbocycles. The highest BCUT2D eigenvalue weighted by atomic mass is 16.3. The van der Waals surface area contributed by atoms with Crippen molar-refractivity contribution in [2.45, 2.75) is 39.2 Å². The molecule has 0 bridgehead atoms. The second-order valence-electron chi connectivity index (χ2n) is 4.59. The van der Waals surface area contributed by atoms with Gasteiger partial charge in [-0.2, -0.15) is 0 Å². The van der Waals surface area contributed by atoms with Gasteiger partial charge in [-0.25, -0.2) is 0 Å². The Bertz CT molecular complexity index is 164. The second-order valence-corrected chi connectivity index (χ2v) is 4.59. The molecule has 0 amide bonds. The van der Waals surface area contributed by atoms with Crippen molar-refractivity contribution < 1.29 is 5.11 Å². The van der Waals surface area contributed by atoms with E-state index in [0.29, 0.717) is 6.61 Å². The van der Waals surface area contributed by atoms with Crippen molar-refractivity contribution in [3.05, 3.63) is 0 Å². The van der Waals surface area contributed by atoms with Crippen LogP contribution in [0.1, 0.15) is 33.1 Å². The molecule has 0 aromatic carbocycles. The van der Waals surface area contributed by atoms with Crippen molar-refractivity contribution in [1.29, 1.82) is 0 Å². The molecule has 1 rings (SSSR count). The quantitative estimate of drug-likeness (QED) is 0.744. The van der Waals surface area contributed by atoms with E-state index in [1.165, 1.54) is 32.4 Å². The minimum Gasteiger partial charge on any atom is -0.395 e. The average molecular weight is 214 g/mol. The van der Waals surface area contributed by atoms with Gasteiger partial charge in [0, 0.05) is 25.7 Å². The summed E-state index contributed by atoms with van der Waals surface area (Å²) in [6, 6.07) is 0.726. The van der Waals surface area contributed by atoms with Gasteiger partial charge in [-0.3, -0.25) is 9.80 Å². The average Bonchev–Trinajstić information content (AvgIpc) is 2.44. The molecule has 1 N–H and O–H groups in total. The Hall–Kier alpha value is -0.120. The molecule has 1 aliphatic rings. The molecule has 1 heterocycles. The predicted octanol–water partition coefficient (Wildman–Crippen LogP) is 1.18. The van der Waals surface area contributed by atoms with Gasteiger partial charge in [-0.15, -0.1) is 0 Å². The van der Waals surface area contributed by atoms with Crippen molar-refractivity contribution >= 4 is 0 Å². The largest absolute Gasteiger partial charge is 0.395 e. The van der Waals surface area contributed by atoms with Gasteiger partial charge in [0.1, 0.15) is 0 Å². The van der Waals surface area contributed by atoms with Crippen LogP contribution in [0.4, 0.5) is 0 Å². The molecule has 0 aromatic heterocycles. The van der Waals surface area contributed by atoms with Gasteiger partial charge < -0.3 is 5.11 Å². The van der Waals surface area contributed by atoms with Gasteiger partial charge in [0.25, 0.3) is 0 Å². The van der Waals surface area contributed by atoms with Gasteiger partial charge in [0.15, 0.2) is 0 Å². The molecule has 1 saturated heterocycles. The summed E-state index contributed by atoms with van der Waals surface area (Å²) in [6.07, 6.45) is 3.83. The van der Waals surface area contributed by atoms with Crippen LogP contribution in [0.3, 0.4) is 0 Å². The molecule has 1 fully saturated rings. The third-order valence-electron chi connectivity index (χ3n) is 3.37. The van der Waals surface area contributed by atoms with E-state index in [2.05, 4.69) is 23.6 Å². The Balaban J connectivity index is 2.31. The highest BCUT2D eigenvalue weighted by molar-refractivity contribution is 4.73. The summed E-state index contributed by atoms with van der Waals surface area (Å²) < 4.78 is 0. The molecule has 1 aliphatic heterocycles. The second kappa shape index (κ2) is 7.20. The molecule has 0 saturated carbocycles. The monoisotopic (exact) mass is 214 g/mol. The zero-order chi connectivity index (χ0) is 11.1. The number of aliphatic hydroxyl groups is 1. The van der Waals surface area contributed by atoms with E-state index in [0.717, 1.165) is 25.7 Å².